The number of phenolic OH excluding ortho intramolecular Hbond substituents is 1. The van der Waals surface area contributed by atoms with Crippen molar-refractivity contribution >= 4 is 9.84 Å². The monoisotopic (exact) mass is 242 g/mol. The summed E-state index contributed by atoms with van der Waals surface area (Å²) in [7, 11) is -3.64. The first kappa shape index (κ1) is 11.4. The summed E-state index contributed by atoms with van der Waals surface area (Å²) in [5.74, 6) is -0.248. The molecule has 4 nitrogen and oxygen atoms in total. The molecule has 0 bridgehead atoms. The van der Waals surface area contributed by atoms with Crippen LogP contribution in [0.5, 0.6) is 5.75 Å². The zero-order valence-corrected chi connectivity index (χ0v) is 9.57. The third-order valence-corrected chi connectivity index (χ3v) is 5.88. The molecule has 0 heterocycles. The van der Waals surface area contributed by atoms with Gasteiger partial charge in [-0.15, -0.1) is 0 Å². The van der Waals surface area contributed by atoms with Gasteiger partial charge < -0.3 is 10.2 Å². The minimum absolute atomic E-state index is 0.0799. The second-order valence-electron chi connectivity index (χ2n) is 4.17. The second kappa shape index (κ2) is 3.75. The molecule has 2 rings (SSSR count). The zero-order valence-electron chi connectivity index (χ0n) is 8.76. The number of aliphatic hydroxyl groups is 1. The molecule has 5 heteroatoms. The average Bonchev–Trinajstić information content (AvgIpc) is 2.16. The van der Waals surface area contributed by atoms with E-state index < -0.39 is 14.6 Å². The van der Waals surface area contributed by atoms with Gasteiger partial charge in [-0.3, -0.25) is 0 Å². The van der Waals surface area contributed by atoms with Crippen LogP contribution in [-0.2, 0) is 9.84 Å². The molecule has 0 spiro atoms. The Hall–Kier alpha value is -1.07. The van der Waals surface area contributed by atoms with Crippen LogP contribution >= 0.6 is 0 Å². The molecular weight excluding hydrogens is 228 g/mol. The van der Waals surface area contributed by atoms with Crippen LogP contribution in [0.15, 0.2) is 29.2 Å². The predicted octanol–water partition coefficient (Wildman–Crippen LogP) is 1.08. The predicted molar refractivity (Wildman–Crippen MR) is 59.0 cm³/mol. The van der Waals surface area contributed by atoms with Crippen molar-refractivity contribution in [2.45, 2.75) is 28.9 Å². The summed E-state index contributed by atoms with van der Waals surface area (Å²) >= 11 is 0. The fraction of sp³-hybridized carbons (Fsp3) is 0.455. The maximum absolute atomic E-state index is 12.3. The van der Waals surface area contributed by atoms with E-state index in [1.807, 2.05) is 0 Å². The first-order valence-corrected chi connectivity index (χ1v) is 6.65. The maximum atomic E-state index is 12.3. The molecule has 0 amide bonds. The van der Waals surface area contributed by atoms with Gasteiger partial charge in [0.25, 0.3) is 0 Å². The molecule has 0 saturated heterocycles. The first-order valence-electron chi connectivity index (χ1n) is 5.17. The van der Waals surface area contributed by atoms with Gasteiger partial charge in [-0.2, -0.15) is 0 Å². The number of rotatable bonds is 3. The smallest absolute Gasteiger partial charge is 0.189 e. The summed E-state index contributed by atoms with van der Waals surface area (Å²) < 4.78 is 23.5. The number of sulfone groups is 1. The maximum Gasteiger partial charge on any atom is 0.189 e. The van der Waals surface area contributed by atoms with Crippen LogP contribution in [0.4, 0.5) is 0 Å². The molecule has 0 aromatic heterocycles. The lowest BCUT2D eigenvalue weighted by Crippen LogP contribution is -2.48. The third-order valence-electron chi connectivity index (χ3n) is 3.28. The van der Waals surface area contributed by atoms with Crippen LogP contribution in [0.1, 0.15) is 19.3 Å². The molecule has 1 fully saturated rings. The molecule has 1 aliphatic carbocycles. The normalized spacial score (nSPS) is 19.1. The van der Waals surface area contributed by atoms with Crippen molar-refractivity contribution in [3.05, 3.63) is 24.3 Å². The molecule has 1 aliphatic rings. The third kappa shape index (κ3) is 1.43. The molecule has 0 atom stereocenters. The van der Waals surface area contributed by atoms with Gasteiger partial charge in [0, 0.05) is 0 Å². The lowest BCUT2D eigenvalue weighted by atomic mass is 9.85. The van der Waals surface area contributed by atoms with E-state index in [0.29, 0.717) is 12.8 Å². The van der Waals surface area contributed by atoms with Gasteiger partial charge in [-0.1, -0.05) is 18.6 Å². The molecule has 0 aliphatic heterocycles. The minimum Gasteiger partial charge on any atom is -0.507 e. The Labute approximate surface area is 94.5 Å². The molecule has 88 valence electrons. The Morgan fingerprint density at radius 2 is 1.88 bits per heavy atom. The molecular formula is C11H14O4S. The van der Waals surface area contributed by atoms with E-state index in [0.717, 1.165) is 6.42 Å². The summed E-state index contributed by atoms with van der Waals surface area (Å²) in [5.41, 5.74) is 0. The van der Waals surface area contributed by atoms with Gasteiger partial charge >= 0.3 is 0 Å². The van der Waals surface area contributed by atoms with Crippen molar-refractivity contribution in [1.29, 1.82) is 0 Å². The number of aromatic hydroxyl groups is 1. The average molecular weight is 242 g/mol. The summed E-state index contributed by atoms with van der Waals surface area (Å²) in [4.78, 5) is -0.0799. The number of phenols is 1. The zero-order chi connectivity index (χ0) is 11.8. The summed E-state index contributed by atoms with van der Waals surface area (Å²) in [6, 6.07) is 5.86. The van der Waals surface area contributed by atoms with E-state index in [2.05, 4.69) is 0 Å². The first-order chi connectivity index (χ1) is 7.53. The Bertz CT molecular complexity index is 483. The number of benzene rings is 1. The lowest BCUT2D eigenvalue weighted by molar-refractivity contribution is 0.181. The highest BCUT2D eigenvalue weighted by Crippen LogP contribution is 2.44. The molecule has 1 saturated carbocycles. The Morgan fingerprint density at radius 3 is 2.31 bits per heavy atom. The fourth-order valence-corrected chi connectivity index (χ4v) is 4.06. The summed E-state index contributed by atoms with van der Waals surface area (Å²) in [6.45, 7) is -0.385. The number of para-hydroxylation sites is 1. The summed E-state index contributed by atoms with van der Waals surface area (Å²) in [6.07, 6.45) is 1.72. The van der Waals surface area contributed by atoms with Crippen molar-refractivity contribution in [3.63, 3.8) is 0 Å². The highest BCUT2D eigenvalue weighted by molar-refractivity contribution is 7.93. The van der Waals surface area contributed by atoms with Crippen molar-refractivity contribution in [1.82, 2.24) is 0 Å². The van der Waals surface area contributed by atoms with Crippen LogP contribution in [-0.4, -0.2) is 30.0 Å². The van der Waals surface area contributed by atoms with Crippen LogP contribution in [0.25, 0.3) is 0 Å². The Balaban J connectivity index is 2.51. The quantitative estimate of drug-likeness (QED) is 0.831. The van der Waals surface area contributed by atoms with E-state index in [1.54, 1.807) is 12.1 Å². The van der Waals surface area contributed by atoms with Crippen LogP contribution in [0.3, 0.4) is 0 Å². The van der Waals surface area contributed by atoms with E-state index in [1.165, 1.54) is 12.1 Å². The van der Waals surface area contributed by atoms with Crippen LogP contribution in [0, 0.1) is 0 Å². The fourth-order valence-electron chi connectivity index (χ4n) is 2.00. The Morgan fingerprint density at radius 1 is 1.25 bits per heavy atom. The van der Waals surface area contributed by atoms with Crippen molar-refractivity contribution in [2.75, 3.05) is 6.61 Å². The molecule has 1 aromatic carbocycles. The largest absolute Gasteiger partial charge is 0.507 e. The molecule has 2 N–H and O–H groups in total. The van der Waals surface area contributed by atoms with Crippen molar-refractivity contribution in [2.24, 2.45) is 0 Å². The minimum atomic E-state index is -3.64. The number of hydrogen-bond donors (Lipinski definition) is 2. The van der Waals surface area contributed by atoms with Gasteiger partial charge in [0.2, 0.25) is 0 Å². The highest BCUT2D eigenvalue weighted by atomic mass is 32.2. The van der Waals surface area contributed by atoms with E-state index in [-0.39, 0.29) is 17.3 Å². The van der Waals surface area contributed by atoms with Crippen molar-refractivity contribution < 1.29 is 18.6 Å². The number of aliphatic hydroxyl groups excluding tert-OH is 1. The SMILES string of the molecule is O=S(=O)(c1ccccc1O)C1(CO)CCC1. The topological polar surface area (TPSA) is 74.6 Å². The van der Waals surface area contributed by atoms with E-state index in [4.69, 9.17) is 0 Å². The van der Waals surface area contributed by atoms with Crippen molar-refractivity contribution in [3.8, 4) is 5.75 Å². The highest BCUT2D eigenvalue weighted by Gasteiger charge is 2.49. The second-order valence-corrected chi connectivity index (χ2v) is 6.48. The van der Waals surface area contributed by atoms with E-state index >= 15 is 0 Å². The molecule has 0 radical (unpaired) electrons. The van der Waals surface area contributed by atoms with E-state index in [9.17, 15) is 18.6 Å². The number of hydrogen-bond acceptors (Lipinski definition) is 4. The van der Waals surface area contributed by atoms with Gasteiger partial charge in [0.05, 0.1) is 11.4 Å². The van der Waals surface area contributed by atoms with Gasteiger partial charge in [0.15, 0.2) is 9.84 Å². The van der Waals surface area contributed by atoms with Crippen LogP contribution in [0.2, 0.25) is 0 Å². The standard InChI is InChI=1S/C11H14O4S/c12-8-11(6-3-7-11)16(14,15)10-5-2-1-4-9(10)13/h1-2,4-5,12-13H,3,6-8H2. The molecule has 0 unspecified atom stereocenters. The summed E-state index contributed by atoms with van der Waals surface area (Å²) in [5, 5.41) is 18.8. The van der Waals surface area contributed by atoms with Gasteiger partial charge in [-0.25, -0.2) is 8.42 Å². The van der Waals surface area contributed by atoms with Gasteiger partial charge in [0.1, 0.15) is 10.6 Å². The lowest BCUT2D eigenvalue weighted by Gasteiger charge is -2.39. The molecule has 1 aromatic rings. The Kier molecular flexibility index (Phi) is 2.67. The van der Waals surface area contributed by atoms with Crippen LogP contribution < -0.4 is 0 Å². The van der Waals surface area contributed by atoms with Gasteiger partial charge in [-0.05, 0) is 25.0 Å². The molecule has 16 heavy (non-hydrogen) atoms.